The summed E-state index contributed by atoms with van der Waals surface area (Å²) in [7, 11) is 1.66. The molecule has 0 bridgehead atoms. The minimum absolute atomic E-state index is 0.797. The van der Waals surface area contributed by atoms with Crippen molar-refractivity contribution in [3.63, 3.8) is 0 Å². The zero-order valence-electron chi connectivity index (χ0n) is 15.3. The van der Waals surface area contributed by atoms with Crippen LogP contribution in [0.25, 0.3) is 0 Å². The van der Waals surface area contributed by atoms with E-state index in [2.05, 4.69) is 12.1 Å². The molecule has 0 heterocycles. The molecule has 0 amide bonds. The first-order valence-electron chi connectivity index (χ1n) is 8.59. The van der Waals surface area contributed by atoms with Gasteiger partial charge in [-0.2, -0.15) is 0 Å². The van der Waals surface area contributed by atoms with Crippen LogP contribution in [0.15, 0.2) is 107 Å². The Morgan fingerprint density at radius 2 is 1.44 bits per heavy atom. The van der Waals surface area contributed by atoms with Crippen molar-refractivity contribution >= 4 is 22.5 Å². The Kier molecular flexibility index (Phi) is 6.72. The summed E-state index contributed by atoms with van der Waals surface area (Å²) in [5.41, 5.74) is 1.81. The first-order chi connectivity index (χ1) is 13.2. The van der Waals surface area contributed by atoms with Crippen molar-refractivity contribution in [2.45, 2.75) is 11.8 Å². The van der Waals surface area contributed by atoms with Gasteiger partial charge in [-0.25, -0.2) is 4.99 Å². The molecule has 0 aliphatic heterocycles. The van der Waals surface area contributed by atoms with Gasteiger partial charge in [0.2, 0.25) is 0 Å². The van der Waals surface area contributed by atoms with Crippen LogP contribution in [-0.2, 0) is 0 Å². The Morgan fingerprint density at radius 3 is 2.07 bits per heavy atom. The number of benzene rings is 3. The molecule has 3 rings (SSSR count). The summed E-state index contributed by atoms with van der Waals surface area (Å²) in [5, 5.41) is 0.877. The maximum atomic E-state index is 5.78. The summed E-state index contributed by atoms with van der Waals surface area (Å²) >= 11 is 1.61. The average molecular weight is 375 g/mol. The van der Waals surface area contributed by atoms with Crippen LogP contribution in [0, 0.1) is 0 Å². The fourth-order valence-electron chi connectivity index (χ4n) is 2.27. The summed E-state index contributed by atoms with van der Waals surface area (Å²) in [4.78, 5) is 5.94. The third-order valence-corrected chi connectivity index (χ3v) is 4.83. The lowest BCUT2D eigenvalue weighted by atomic mass is 10.3. The van der Waals surface area contributed by atoms with Gasteiger partial charge in [-0.15, -0.1) is 0 Å². The topological polar surface area (TPSA) is 30.8 Å². The highest BCUT2D eigenvalue weighted by molar-refractivity contribution is 8.14. The summed E-state index contributed by atoms with van der Waals surface area (Å²) in [5.74, 6) is 1.61. The predicted molar refractivity (Wildman–Crippen MR) is 113 cm³/mol. The summed E-state index contributed by atoms with van der Waals surface area (Å²) < 4.78 is 11.0. The Balaban J connectivity index is 1.87. The average Bonchev–Trinajstić information content (AvgIpc) is 2.73. The highest BCUT2D eigenvalue weighted by Gasteiger charge is 2.07. The lowest BCUT2D eigenvalue weighted by molar-refractivity contribution is 0.415. The summed E-state index contributed by atoms with van der Waals surface area (Å²) in [6.45, 7) is 2.00. The lowest BCUT2D eigenvalue weighted by Crippen LogP contribution is -1.97. The standard InChI is InChI=1S/C23H21NO2S/c1-18(17-26-21-9-5-3-6-10-21)23(27-22-11-7-4-8-12-22)24-19-13-15-20(25-2)16-14-19/h3-17H,1-2H3/b18-17+,24-23?. The second-order valence-corrected chi connectivity index (χ2v) is 6.82. The second kappa shape index (κ2) is 9.64. The molecule has 27 heavy (non-hydrogen) atoms. The van der Waals surface area contributed by atoms with E-state index in [-0.39, 0.29) is 0 Å². The molecule has 3 nitrogen and oxygen atoms in total. The molecule has 0 aliphatic rings. The van der Waals surface area contributed by atoms with E-state index in [0.29, 0.717) is 0 Å². The molecule has 4 heteroatoms. The van der Waals surface area contributed by atoms with E-state index in [1.54, 1.807) is 25.1 Å². The molecule has 0 saturated heterocycles. The van der Waals surface area contributed by atoms with Crippen molar-refractivity contribution in [1.29, 1.82) is 0 Å². The molecule has 0 radical (unpaired) electrons. The molecule has 0 saturated carbocycles. The smallest absolute Gasteiger partial charge is 0.126 e. The zero-order chi connectivity index (χ0) is 18.9. The monoisotopic (exact) mass is 375 g/mol. The summed E-state index contributed by atoms with van der Waals surface area (Å²) in [6.07, 6.45) is 1.74. The van der Waals surface area contributed by atoms with Crippen LogP contribution in [-0.4, -0.2) is 12.2 Å². The van der Waals surface area contributed by atoms with Crippen LogP contribution in [0.5, 0.6) is 11.5 Å². The third-order valence-electron chi connectivity index (χ3n) is 3.71. The van der Waals surface area contributed by atoms with E-state index in [9.17, 15) is 0 Å². The maximum Gasteiger partial charge on any atom is 0.126 e. The van der Waals surface area contributed by atoms with Gasteiger partial charge < -0.3 is 9.47 Å². The quantitative estimate of drug-likeness (QED) is 0.213. The van der Waals surface area contributed by atoms with Gasteiger partial charge in [-0.1, -0.05) is 48.2 Å². The van der Waals surface area contributed by atoms with Gasteiger partial charge in [0.25, 0.3) is 0 Å². The van der Waals surface area contributed by atoms with E-state index >= 15 is 0 Å². The van der Waals surface area contributed by atoms with Crippen LogP contribution < -0.4 is 9.47 Å². The number of methoxy groups -OCH3 is 1. The lowest BCUT2D eigenvalue weighted by Gasteiger charge is -2.08. The number of thioether (sulfide) groups is 1. The SMILES string of the molecule is COc1ccc(N=C(Sc2ccccc2)/C(C)=C/Oc2ccccc2)cc1. The van der Waals surface area contributed by atoms with Gasteiger partial charge in [0.15, 0.2) is 0 Å². The van der Waals surface area contributed by atoms with Crippen LogP contribution in [0.4, 0.5) is 5.69 Å². The molecule has 0 fully saturated rings. The number of hydrogen-bond acceptors (Lipinski definition) is 4. The molecule has 0 aliphatic carbocycles. The maximum absolute atomic E-state index is 5.78. The fraction of sp³-hybridized carbons (Fsp3) is 0.0870. The largest absolute Gasteiger partial charge is 0.497 e. The number of rotatable bonds is 6. The molecular weight excluding hydrogens is 354 g/mol. The van der Waals surface area contributed by atoms with Crippen molar-refractivity contribution in [2.75, 3.05) is 7.11 Å². The second-order valence-electron chi connectivity index (χ2n) is 5.76. The van der Waals surface area contributed by atoms with Crippen molar-refractivity contribution in [1.82, 2.24) is 0 Å². The van der Waals surface area contributed by atoms with Crippen LogP contribution in [0.2, 0.25) is 0 Å². The number of para-hydroxylation sites is 1. The van der Waals surface area contributed by atoms with Crippen molar-refractivity contribution in [3.05, 3.63) is 96.8 Å². The van der Waals surface area contributed by atoms with Crippen molar-refractivity contribution < 1.29 is 9.47 Å². The number of aliphatic imine (C=N–C) groups is 1. The highest BCUT2D eigenvalue weighted by Crippen LogP contribution is 2.27. The van der Waals surface area contributed by atoms with Gasteiger partial charge in [-0.3, -0.25) is 0 Å². The van der Waals surface area contributed by atoms with E-state index in [4.69, 9.17) is 14.5 Å². The molecule has 136 valence electrons. The highest BCUT2D eigenvalue weighted by atomic mass is 32.2. The Labute approximate surface area is 164 Å². The van der Waals surface area contributed by atoms with Crippen LogP contribution in [0.1, 0.15) is 6.92 Å². The van der Waals surface area contributed by atoms with Crippen molar-refractivity contribution in [2.24, 2.45) is 4.99 Å². The van der Waals surface area contributed by atoms with E-state index < -0.39 is 0 Å². The van der Waals surface area contributed by atoms with Crippen molar-refractivity contribution in [3.8, 4) is 11.5 Å². The third kappa shape index (κ3) is 5.76. The van der Waals surface area contributed by atoms with Gasteiger partial charge in [-0.05, 0) is 55.5 Å². The molecule has 3 aromatic rings. The van der Waals surface area contributed by atoms with Crippen LogP contribution in [0.3, 0.4) is 0 Å². The first kappa shape index (κ1) is 18.8. The van der Waals surface area contributed by atoms with Gasteiger partial charge in [0.05, 0.1) is 19.1 Å². The predicted octanol–water partition coefficient (Wildman–Crippen LogP) is 6.50. The van der Waals surface area contributed by atoms with Crippen LogP contribution >= 0.6 is 11.8 Å². The van der Waals surface area contributed by atoms with Gasteiger partial charge in [0, 0.05) is 10.5 Å². The van der Waals surface area contributed by atoms with Gasteiger partial charge >= 0.3 is 0 Å². The Hall–Kier alpha value is -2.98. The minimum Gasteiger partial charge on any atom is -0.497 e. The first-order valence-corrected chi connectivity index (χ1v) is 9.41. The summed E-state index contributed by atoms with van der Waals surface area (Å²) in [6, 6.07) is 27.6. The number of ether oxygens (including phenoxy) is 2. The molecule has 0 N–H and O–H groups in total. The van der Waals surface area contributed by atoms with E-state index in [0.717, 1.165) is 32.7 Å². The molecule has 0 unspecified atom stereocenters. The Morgan fingerprint density at radius 1 is 0.815 bits per heavy atom. The minimum atomic E-state index is 0.797. The Bertz CT molecular complexity index is 904. The van der Waals surface area contributed by atoms with E-state index in [1.807, 2.05) is 79.7 Å². The molecule has 0 spiro atoms. The molecule has 3 aromatic carbocycles. The number of nitrogens with zero attached hydrogens (tertiary/aromatic N) is 1. The zero-order valence-corrected chi connectivity index (χ0v) is 16.1. The molecular formula is C23H21NO2S. The van der Waals surface area contributed by atoms with E-state index in [1.165, 1.54) is 0 Å². The van der Waals surface area contributed by atoms with Gasteiger partial charge in [0.1, 0.15) is 16.5 Å². The number of hydrogen-bond donors (Lipinski definition) is 0. The molecule has 0 atom stereocenters. The molecule has 0 aromatic heterocycles. The fourth-order valence-corrected chi connectivity index (χ4v) is 3.15. The normalized spacial score (nSPS) is 11.9.